The van der Waals surface area contributed by atoms with E-state index in [0.717, 1.165) is 12.8 Å². The quantitative estimate of drug-likeness (QED) is 0.822. The van der Waals surface area contributed by atoms with E-state index in [4.69, 9.17) is 0 Å². The summed E-state index contributed by atoms with van der Waals surface area (Å²) in [6.07, 6.45) is 4.88. The summed E-state index contributed by atoms with van der Waals surface area (Å²) in [4.78, 5) is 11.7. The van der Waals surface area contributed by atoms with E-state index in [9.17, 15) is 21.6 Å². The Morgan fingerprint density at radius 3 is 2.59 bits per heavy atom. The molecule has 1 aromatic rings. The summed E-state index contributed by atoms with van der Waals surface area (Å²) in [6.45, 7) is 0. The Hall–Kier alpha value is -1.67. The number of nitrogens with one attached hydrogen (secondary N) is 1. The van der Waals surface area contributed by atoms with Crippen molar-refractivity contribution >= 4 is 25.8 Å². The minimum Gasteiger partial charge on any atom is -0.269 e. The zero-order chi connectivity index (χ0) is 16.0. The third-order valence-electron chi connectivity index (χ3n) is 3.73. The third-order valence-corrected chi connectivity index (χ3v) is 7.41. The SMILES string of the molecule is O=C(/C=C/C1CC1)NS(=O)(=O)C1CS(=O)(=O)c2ccccc21. The number of rotatable bonds is 4. The van der Waals surface area contributed by atoms with Gasteiger partial charge in [-0.15, -0.1) is 0 Å². The first kappa shape index (κ1) is 15.2. The van der Waals surface area contributed by atoms with Crippen molar-refractivity contribution in [1.82, 2.24) is 4.72 Å². The lowest BCUT2D eigenvalue weighted by molar-refractivity contribution is -0.114. The van der Waals surface area contributed by atoms with Crippen LogP contribution in [0.25, 0.3) is 0 Å². The topological polar surface area (TPSA) is 97.4 Å². The van der Waals surface area contributed by atoms with Crippen molar-refractivity contribution < 1.29 is 21.6 Å². The molecule has 1 aliphatic heterocycles. The number of hydrogen-bond donors (Lipinski definition) is 1. The molecule has 0 radical (unpaired) electrons. The van der Waals surface area contributed by atoms with Crippen LogP contribution in [0.1, 0.15) is 23.7 Å². The first-order valence-corrected chi connectivity index (χ1v) is 10.0. The van der Waals surface area contributed by atoms with Crippen LogP contribution in [-0.2, 0) is 24.7 Å². The van der Waals surface area contributed by atoms with Gasteiger partial charge in [0.2, 0.25) is 10.0 Å². The highest BCUT2D eigenvalue weighted by atomic mass is 32.2. The predicted molar refractivity (Wildman–Crippen MR) is 80.2 cm³/mol. The summed E-state index contributed by atoms with van der Waals surface area (Å²) in [5.41, 5.74) is 0.217. The molecule has 1 unspecified atom stereocenters. The van der Waals surface area contributed by atoms with Crippen LogP contribution in [-0.4, -0.2) is 28.5 Å². The van der Waals surface area contributed by atoms with Crippen LogP contribution >= 0.6 is 0 Å². The first-order valence-electron chi connectivity index (χ1n) is 6.85. The molecule has 1 aliphatic carbocycles. The number of sulfonamides is 1. The zero-order valence-electron chi connectivity index (χ0n) is 11.6. The van der Waals surface area contributed by atoms with Gasteiger partial charge >= 0.3 is 0 Å². The van der Waals surface area contributed by atoms with E-state index in [1.165, 1.54) is 18.2 Å². The van der Waals surface area contributed by atoms with Crippen LogP contribution in [0.15, 0.2) is 41.3 Å². The third kappa shape index (κ3) is 2.93. The Kier molecular flexibility index (Phi) is 3.60. The van der Waals surface area contributed by atoms with Gasteiger partial charge in [-0.1, -0.05) is 24.3 Å². The van der Waals surface area contributed by atoms with Crippen molar-refractivity contribution in [2.75, 3.05) is 5.75 Å². The maximum absolute atomic E-state index is 12.3. The van der Waals surface area contributed by atoms with E-state index in [1.54, 1.807) is 18.2 Å². The van der Waals surface area contributed by atoms with Crippen molar-refractivity contribution in [2.24, 2.45) is 5.92 Å². The second-order valence-corrected chi connectivity index (χ2v) is 9.38. The van der Waals surface area contributed by atoms with Gasteiger partial charge in [-0.25, -0.2) is 21.6 Å². The molecule has 1 saturated carbocycles. The van der Waals surface area contributed by atoms with Crippen LogP contribution in [0.5, 0.6) is 0 Å². The van der Waals surface area contributed by atoms with E-state index < -0.39 is 36.8 Å². The summed E-state index contributed by atoms with van der Waals surface area (Å²) in [5, 5.41) is -1.26. The van der Waals surface area contributed by atoms with E-state index in [2.05, 4.69) is 0 Å². The van der Waals surface area contributed by atoms with E-state index in [0.29, 0.717) is 5.92 Å². The average molecular weight is 341 g/mol. The maximum atomic E-state index is 12.3. The Labute approximate surface area is 129 Å². The molecular weight excluding hydrogens is 326 g/mol. The number of hydrogen-bond acceptors (Lipinski definition) is 5. The van der Waals surface area contributed by atoms with E-state index >= 15 is 0 Å². The lowest BCUT2D eigenvalue weighted by atomic mass is 10.2. The fourth-order valence-corrected chi connectivity index (χ4v) is 6.40. The largest absolute Gasteiger partial charge is 0.269 e. The second-order valence-electron chi connectivity index (χ2n) is 5.52. The summed E-state index contributed by atoms with van der Waals surface area (Å²) < 4.78 is 50.6. The summed E-state index contributed by atoms with van der Waals surface area (Å²) in [5.74, 6) is -0.934. The van der Waals surface area contributed by atoms with Crippen LogP contribution in [0.3, 0.4) is 0 Å². The maximum Gasteiger partial charge on any atom is 0.257 e. The van der Waals surface area contributed by atoms with E-state index in [-0.39, 0.29) is 10.5 Å². The minimum absolute atomic E-state index is 0.0198. The summed E-state index contributed by atoms with van der Waals surface area (Å²) >= 11 is 0. The van der Waals surface area contributed by atoms with Crippen molar-refractivity contribution in [3.8, 4) is 0 Å². The molecule has 0 spiro atoms. The lowest BCUT2D eigenvalue weighted by Gasteiger charge is -2.11. The molecule has 1 amide bonds. The van der Waals surface area contributed by atoms with Crippen molar-refractivity contribution in [2.45, 2.75) is 23.0 Å². The van der Waals surface area contributed by atoms with Gasteiger partial charge in [0.1, 0.15) is 5.25 Å². The molecular formula is C14H15NO5S2. The van der Waals surface area contributed by atoms with Crippen LogP contribution in [0.4, 0.5) is 0 Å². The fraction of sp³-hybridized carbons (Fsp3) is 0.357. The van der Waals surface area contributed by atoms with Crippen molar-refractivity contribution in [3.63, 3.8) is 0 Å². The molecule has 8 heteroatoms. The highest BCUT2D eigenvalue weighted by Gasteiger charge is 2.42. The molecule has 1 fully saturated rings. The monoisotopic (exact) mass is 341 g/mol. The molecule has 2 aliphatic rings. The second kappa shape index (κ2) is 5.20. The fourth-order valence-electron chi connectivity index (χ4n) is 2.42. The average Bonchev–Trinajstić information content (AvgIpc) is 3.22. The molecule has 1 N–H and O–H groups in total. The molecule has 1 heterocycles. The predicted octanol–water partition coefficient (Wildman–Crippen LogP) is 0.927. The molecule has 0 aromatic heterocycles. The Morgan fingerprint density at radius 1 is 1.23 bits per heavy atom. The number of amides is 1. The Morgan fingerprint density at radius 2 is 1.91 bits per heavy atom. The van der Waals surface area contributed by atoms with Crippen LogP contribution in [0, 0.1) is 5.92 Å². The van der Waals surface area contributed by atoms with Crippen molar-refractivity contribution in [1.29, 1.82) is 0 Å². The van der Waals surface area contributed by atoms with Gasteiger partial charge in [0.15, 0.2) is 9.84 Å². The normalized spacial score (nSPS) is 23.4. The van der Waals surface area contributed by atoms with Gasteiger partial charge in [0, 0.05) is 6.08 Å². The van der Waals surface area contributed by atoms with Gasteiger partial charge in [-0.05, 0) is 30.4 Å². The molecule has 6 nitrogen and oxygen atoms in total. The lowest BCUT2D eigenvalue weighted by Crippen LogP contribution is -2.34. The number of sulfone groups is 1. The molecule has 0 bridgehead atoms. The van der Waals surface area contributed by atoms with E-state index in [1.807, 2.05) is 4.72 Å². The molecule has 118 valence electrons. The first-order chi connectivity index (χ1) is 10.3. The Bertz CT molecular complexity index is 851. The molecule has 0 saturated heterocycles. The van der Waals surface area contributed by atoms with Crippen LogP contribution < -0.4 is 4.72 Å². The highest BCUT2D eigenvalue weighted by molar-refractivity contribution is 7.95. The molecule has 22 heavy (non-hydrogen) atoms. The zero-order valence-corrected chi connectivity index (χ0v) is 13.2. The number of carbonyl (C=O) groups excluding carboxylic acids is 1. The van der Waals surface area contributed by atoms with Gasteiger partial charge in [-0.2, -0.15) is 0 Å². The molecule has 1 aromatic carbocycles. The van der Waals surface area contributed by atoms with Gasteiger partial charge in [0.25, 0.3) is 5.91 Å². The standard InChI is InChI=1S/C14H15NO5S2/c16-14(8-7-10-5-6-10)15-22(19,20)13-9-21(17,18)12-4-2-1-3-11(12)13/h1-4,7-8,10,13H,5-6,9H2,(H,15,16)/b8-7+. The Balaban J connectivity index is 1.85. The molecule has 3 rings (SSSR count). The molecule has 1 atom stereocenters. The van der Waals surface area contributed by atoms with Crippen molar-refractivity contribution in [3.05, 3.63) is 42.0 Å². The smallest absolute Gasteiger partial charge is 0.257 e. The number of carbonyl (C=O) groups is 1. The summed E-state index contributed by atoms with van der Waals surface area (Å²) in [6, 6.07) is 5.97. The number of allylic oxidation sites excluding steroid dienone is 1. The number of benzene rings is 1. The van der Waals surface area contributed by atoms with Gasteiger partial charge in [-0.3, -0.25) is 4.79 Å². The highest BCUT2D eigenvalue weighted by Crippen LogP contribution is 2.37. The van der Waals surface area contributed by atoms with Crippen LogP contribution in [0.2, 0.25) is 0 Å². The summed E-state index contributed by atoms with van der Waals surface area (Å²) in [7, 11) is -7.74. The van der Waals surface area contributed by atoms with Gasteiger partial charge in [0.05, 0.1) is 10.6 Å². The minimum atomic E-state index is -4.10. The number of fused-ring (bicyclic) bond motifs is 1. The van der Waals surface area contributed by atoms with Gasteiger partial charge < -0.3 is 0 Å².